The summed E-state index contributed by atoms with van der Waals surface area (Å²) in [4.78, 5) is 23.5. The fourth-order valence-corrected chi connectivity index (χ4v) is 2.63. The molecule has 2 aromatic rings. The van der Waals surface area contributed by atoms with E-state index >= 15 is 0 Å². The van der Waals surface area contributed by atoms with Gasteiger partial charge in [0.15, 0.2) is 0 Å². The molecule has 29 heavy (non-hydrogen) atoms. The van der Waals surface area contributed by atoms with Crippen LogP contribution in [0.25, 0.3) is 6.08 Å². The second-order valence-electron chi connectivity index (χ2n) is 7.64. The number of carboxylic acid groups (broad SMARTS) is 1. The van der Waals surface area contributed by atoms with Gasteiger partial charge in [0.2, 0.25) is 5.76 Å². The molecule has 0 bridgehead atoms. The number of carbonyl (C=O) groups excluding carboxylic acids is 1. The fourth-order valence-electron chi connectivity index (χ4n) is 2.63. The first kappa shape index (κ1) is 22.0. The highest BCUT2D eigenvalue weighted by Crippen LogP contribution is 2.27. The molecule has 0 heterocycles. The molecular formula is C23H26O6. The summed E-state index contributed by atoms with van der Waals surface area (Å²) in [6, 6.07) is 12.8. The van der Waals surface area contributed by atoms with Crippen LogP contribution in [0.15, 0.2) is 48.2 Å². The number of benzene rings is 2. The summed E-state index contributed by atoms with van der Waals surface area (Å²) >= 11 is 0. The molecule has 0 unspecified atom stereocenters. The van der Waals surface area contributed by atoms with Crippen molar-refractivity contribution in [2.75, 3.05) is 0 Å². The van der Waals surface area contributed by atoms with Gasteiger partial charge in [-0.15, -0.1) is 0 Å². The first-order valence-corrected chi connectivity index (χ1v) is 9.19. The summed E-state index contributed by atoms with van der Waals surface area (Å²) < 4.78 is 16.0. The molecule has 6 heteroatoms. The third-order valence-electron chi connectivity index (χ3n) is 3.80. The van der Waals surface area contributed by atoms with Crippen LogP contribution in [0.4, 0.5) is 4.79 Å². The van der Waals surface area contributed by atoms with E-state index in [1.54, 1.807) is 46.8 Å². The molecule has 0 amide bonds. The van der Waals surface area contributed by atoms with Crippen molar-refractivity contribution in [2.45, 2.75) is 46.8 Å². The third-order valence-corrected chi connectivity index (χ3v) is 3.80. The van der Waals surface area contributed by atoms with Crippen LogP contribution >= 0.6 is 0 Å². The zero-order valence-corrected chi connectivity index (χ0v) is 17.3. The van der Waals surface area contributed by atoms with Crippen molar-refractivity contribution in [3.63, 3.8) is 0 Å². The van der Waals surface area contributed by atoms with Gasteiger partial charge < -0.3 is 19.3 Å². The van der Waals surface area contributed by atoms with Crippen molar-refractivity contribution in [2.24, 2.45) is 0 Å². The molecule has 0 spiro atoms. The van der Waals surface area contributed by atoms with Crippen LogP contribution in [0.5, 0.6) is 5.75 Å². The van der Waals surface area contributed by atoms with E-state index < -0.39 is 17.7 Å². The number of aliphatic carboxylic acids is 1. The lowest BCUT2D eigenvalue weighted by molar-refractivity contribution is -0.136. The Bertz CT molecular complexity index is 884. The van der Waals surface area contributed by atoms with E-state index in [9.17, 15) is 14.7 Å². The highest BCUT2D eigenvalue weighted by Gasteiger charge is 2.20. The molecule has 0 aliphatic heterocycles. The number of ether oxygens (including phenoxy) is 3. The Morgan fingerprint density at radius 3 is 2.14 bits per heavy atom. The summed E-state index contributed by atoms with van der Waals surface area (Å²) in [5.41, 5.74) is 2.19. The Morgan fingerprint density at radius 2 is 1.62 bits per heavy atom. The molecule has 0 aliphatic rings. The lowest BCUT2D eigenvalue weighted by atomic mass is 10.0. The average molecular weight is 398 g/mol. The highest BCUT2D eigenvalue weighted by molar-refractivity contribution is 5.90. The van der Waals surface area contributed by atoms with Gasteiger partial charge in [0, 0.05) is 0 Å². The SMILES string of the molecule is Cc1cc(C=C(OCc2ccccc2)C(=O)O)cc(C)c1OC(=O)OC(C)(C)C. The lowest BCUT2D eigenvalue weighted by Gasteiger charge is -2.20. The summed E-state index contributed by atoms with van der Waals surface area (Å²) in [7, 11) is 0. The Labute approximate surface area is 170 Å². The van der Waals surface area contributed by atoms with Crippen molar-refractivity contribution in [1.29, 1.82) is 0 Å². The molecule has 0 saturated heterocycles. The zero-order chi connectivity index (χ0) is 21.6. The van der Waals surface area contributed by atoms with Crippen molar-refractivity contribution >= 4 is 18.2 Å². The Morgan fingerprint density at radius 1 is 1.03 bits per heavy atom. The molecular weight excluding hydrogens is 372 g/mol. The predicted octanol–water partition coefficient (Wildman–Crippen LogP) is 5.26. The molecule has 0 saturated carbocycles. The van der Waals surface area contributed by atoms with E-state index in [2.05, 4.69) is 0 Å². The first-order valence-electron chi connectivity index (χ1n) is 9.19. The minimum atomic E-state index is -1.16. The van der Waals surface area contributed by atoms with Crippen molar-refractivity contribution in [3.05, 3.63) is 70.5 Å². The topological polar surface area (TPSA) is 82.1 Å². The van der Waals surface area contributed by atoms with Gasteiger partial charge in [0.05, 0.1) is 0 Å². The lowest BCUT2D eigenvalue weighted by Crippen LogP contribution is -2.26. The van der Waals surface area contributed by atoms with E-state index in [-0.39, 0.29) is 12.4 Å². The second kappa shape index (κ2) is 9.28. The minimum Gasteiger partial charge on any atom is -0.482 e. The van der Waals surface area contributed by atoms with E-state index in [1.807, 2.05) is 30.3 Å². The smallest absolute Gasteiger partial charge is 0.482 e. The molecule has 154 valence electrons. The molecule has 0 atom stereocenters. The van der Waals surface area contributed by atoms with Gasteiger partial charge in [-0.05, 0) is 75.1 Å². The maximum absolute atomic E-state index is 12.0. The first-order chi connectivity index (χ1) is 13.5. The quantitative estimate of drug-likeness (QED) is 0.309. The van der Waals surface area contributed by atoms with Gasteiger partial charge in [0.1, 0.15) is 18.0 Å². The summed E-state index contributed by atoms with van der Waals surface area (Å²) in [6.07, 6.45) is 0.659. The van der Waals surface area contributed by atoms with E-state index in [0.29, 0.717) is 22.4 Å². The maximum Gasteiger partial charge on any atom is 0.514 e. The number of rotatable bonds is 6. The van der Waals surface area contributed by atoms with E-state index in [1.165, 1.54) is 6.08 Å². The van der Waals surface area contributed by atoms with Crippen LogP contribution in [0.2, 0.25) is 0 Å². The van der Waals surface area contributed by atoms with Crippen LogP contribution in [0.1, 0.15) is 43.0 Å². The Hall–Kier alpha value is -3.28. The van der Waals surface area contributed by atoms with Crippen LogP contribution in [0, 0.1) is 13.8 Å². The molecule has 1 N–H and O–H groups in total. The molecule has 0 aromatic heterocycles. The standard InChI is InChI=1S/C23H26O6/c1-15-11-18(12-16(2)20(15)28-22(26)29-23(3,4)5)13-19(21(24)25)27-14-17-9-7-6-8-10-17/h6-13H,14H2,1-5H3,(H,24,25). The number of hydrogen-bond donors (Lipinski definition) is 1. The van der Waals surface area contributed by atoms with Crippen molar-refractivity contribution in [3.8, 4) is 5.75 Å². The summed E-state index contributed by atoms with van der Waals surface area (Å²) in [5, 5.41) is 9.45. The second-order valence-corrected chi connectivity index (χ2v) is 7.64. The normalized spacial score (nSPS) is 11.7. The van der Waals surface area contributed by atoms with Crippen LogP contribution in [-0.4, -0.2) is 22.8 Å². The minimum absolute atomic E-state index is 0.150. The molecule has 6 nitrogen and oxygen atoms in total. The Kier molecular flexibility index (Phi) is 7.04. The maximum atomic E-state index is 12.0. The predicted molar refractivity (Wildman–Crippen MR) is 110 cm³/mol. The molecule has 0 aliphatic carbocycles. The third kappa shape index (κ3) is 6.99. The monoisotopic (exact) mass is 398 g/mol. The number of hydrogen-bond acceptors (Lipinski definition) is 5. The van der Waals surface area contributed by atoms with Gasteiger partial charge in [0.25, 0.3) is 0 Å². The number of carboxylic acids is 1. The van der Waals surface area contributed by atoms with Crippen LogP contribution in [0.3, 0.4) is 0 Å². The van der Waals surface area contributed by atoms with Gasteiger partial charge >= 0.3 is 12.1 Å². The van der Waals surface area contributed by atoms with E-state index in [0.717, 1.165) is 5.56 Å². The number of aryl methyl sites for hydroxylation is 2. The zero-order valence-electron chi connectivity index (χ0n) is 17.3. The average Bonchev–Trinajstić information content (AvgIpc) is 2.61. The fraction of sp³-hybridized carbons (Fsp3) is 0.304. The molecule has 0 fully saturated rings. The number of carbonyl (C=O) groups is 2. The van der Waals surface area contributed by atoms with Gasteiger partial charge in [-0.1, -0.05) is 30.3 Å². The van der Waals surface area contributed by atoms with Gasteiger partial charge in [-0.3, -0.25) is 0 Å². The summed E-state index contributed by atoms with van der Waals surface area (Å²) in [5.74, 6) is -0.947. The largest absolute Gasteiger partial charge is 0.514 e. The van der Waals surface area contributed by atoms with E-state index in [4.69, 9.17) is 14.2 Å². The van der Waals surface area contributed by atoms with Crippen molar-refractivity contribution in [1.82, 2.24) is 0 Å². The summed E-state index contributed by atoms with van der Waals surface area (Å²) in [6.45, 7) is 8.96. The van der Waals surface area contributed by atoms with Gasteiger partial charge in [-0.25, -0.2) is 9.59 Å². The molecule has 0 radical (unpaired) electrons. The van der Waals surface area contributed by atoms with Gasteiger partial charge in [-0.2, -0.15) is 0 Å². The van der Waals surface area contributed by atoms with Crippen LogP contribution in [-0.2, 0) is 20.9 Å². The highest BCUT2D eigenvalue weighted by atomic mass is 16.7. The molecule has 2 rings (SSSR count). The molecule has 2 aromatic carbocycles. The van der Waals surface area contributed by atoms with Crippen molar-refractivity contribution < 1.29 is 28.9 Å². The van der Waals surface area contributed by atoms with Crippen LogP contribution < -0.4 is 4.74 Å². The Balaban J connectivity index is 2.20.